The van der Waals surface area contributed by atoms with Crippen molar-refractivity contribution >= 4 is 11.9 Å². The van der Waals surface area contributed by atoms with Gasteiger partial charge in [-0.15, -0.1) is 0 Å². The maximum atomic E-state index is 13.2. The van der Waals surface area contributed by atoms with Gasteiger partial charge >= 0.3 is 5.97 Å². The summed E-state index contributed by atoms with van der Waals surface area (Å²) in [7, 11) is 0. The van der Waals surface area contributed by atoms with Crippen LogP contribution in [0.5, 0.6) is 0 Å². The highest BCUT2D eigenvalue weighted by Crippen LogP contribution is 2.18. The van der Waals surface area contributed by atoms with Gasteiger partial charge in [-0.1, -0.05) is 243 Å². The van der Waals surface area contributed by atoms with E-state index < -0.39 is 18.2 Å². The van der Waals surface area contributed by atoms with Crippen molar-refractivity contribution in [1.29, 1.82) is 0 Å². The molecule has 0 bridgehead atoms. The van der Waals surface area contributed by atoms with E-state index in [0.29, 0.717) is 19.3 Å². The van der Waals surface area contributed by atoms with Crippen molar-refractivity contribution in [3.8, 4) is 0 Å². The van der Waals surface area contributed by atoms with Crippen LogP contribution in [0, 0.1) is 0 Å². The molecule has 0 spiro atoms. The summed E-state index contributed by atoms with van der Waals surface area (Å²) >= 11 is 0. The molecule has 0 fully saturated rings. The van der Waals surface area contributed by atoms with E-state index in [-0.39, 0.29) is 31.3 Å². The Balaban J connectivity index is 4.62. The number of esters is 1. The molecule has 374 valence electrons. The minimum absolute atomic E-state index is 0.0509. The van der Waals surface area contributed by atoms with Crippen LogP contribution in [0.3, 0.4) is 0 Å². The molecule has 0 aliphatic rings. The highest BCUT2D eigenvalue weighted by molar-refractivity contribution is 5.77. The predicted molar refractivity (Wildman–Crippen MR) is 278 cm³/mol. The molecule has 3 atom stereocenters. The Morgan fingerprint density at radius 1 is 0.453 bits per heavy atom. The zero-order chi connectivity index (χ0) is 46.7. The fourth-order valence-electron chi connectivity index (χ4n) is 8.40. The molecule has 0 aliphatic carbocycles. The van der Waals surface area contributed by atoms with Gasteiger partial charge in [0.2, 0.25) is 5.91 Å². The van der Waals surface area contributed by atoms with Gasteiger partial charge in [-0.05, 0) is 77.0 Å². The number of hydrogen-bond acceptors (Lipinski definition) is 5. The fourth-order valence-corrected chi connectivity index (χ4v) is 8.40. The van der Waals surface area contributed by atoms with Crippen molar-refractivity contribution in [3.05, 3.63) is 48.6 Å². The van der Waals surface area contributed by atoms with Crippen molar-refractivity contribution in [2.75, 3.05) is 6.61 Å². The van der Waals surface area contributed by atoms with Gasteiger partial charge in [0.1, 0.15) is 6.10 Å². The molecule has 0 aliphatic heterocycles. The van der Waals surface area contributed by atoms with Gasteiger partial charge in [0.25, 0.3) is 0 Å². The van der Waals surface area contributed by atoms with E-state index in [4.69, 9.17) is 4.74 Å². The van der Waals surface area contributed by atoms with E-state index in [1.54, 1.807) is 0 Å². The summed E-state index contributed by atoms with van der Waals surface area (Å²) in [6.07, 6.45) is 63.2. The molecule has 0 aromatic heterocycles. The summed E-state index contributed by atoms with van der Waals surface area (Å²) in [4.78, 5) is 26.2. The summed E-state index contributed by atoms with van der Waals surface area (Å²) in [6, 6.07) is -0.715. The second kappa shape index (κ2) is 51.8. The largest absolute Gasteiger partial charge is 0.462 e. The van der Waals surface area contributed by atoms with Crippen LogP contribution < -0.4 is 5.32 Å². The number of aliphatic hydroxyl groups excluding tert-OH is 2. The van der Waals surface area contributed by atoms with Crippen LogP contribution in [-0.4, -0.2) is 46.9 Å². The normalized spacial score (nSPS) is 13.5. The second-order valence-electron chi connectivity index (χ2n) is 19.0. The number of amides is 1. The number of carbonyl (C=O) groups is 2. The lowest BCUT2D eigenvalue weighted by molar-refractivity contribution is -0.150. The van der Waals surface area contributed by atoms with Crippen molar-refractivity contribution in [2.45, 2.75) is 302 Å². The van der Waals surface area contributed by atoms with Crippen LogP contribution in [0.15, 0.2) is 48.6 Å². The van der Waals surface area contributed by atoms with Gasteiger partial charge in [0.05, 0.1) is 25.2 Å². The molecule has 0 radical (unpaired) electrons. The van der Waals surface area contributed by atoms with Crippen molar-refractivity contribution in [3.63, 3.8) is 0 Å². The SMILES string of the molecule is CCCCC/C=C\C/C=C\CCCCCCCCCC(CC(=O)NC(CO)C(O)CCCCCCCCCCCCCCCCC)OC(=O)CC/C=C/C/C=C\CCCCCCCC. The Morgan fingerprint density at radius 2 is 0.797 bits per heavy atom. The summed E-state index contributed by atoms with van der Waals surface area (Å²) in [5.74, 6) is -0.554. The van der Waals surface area contributed by atoms with E-state index in [0.717, 1.165) is 64.2 Å². The molecule has 0 rings (SSSR count). The molecule has 3 unspecified atom stereocenters. The zero-order valence-electron chi connectivity index (χ0n) is 42.7. The number of allylic oxidation sites excluding steroid dienone is 8. The monoisotopic (exact) mass is 898 g/mol. The molecular weight excluding hydrogens is 791 g/mol. The van der Waals surface area contributed by atoms with Crippen molar-refractivity contribution in [1.82, 2.24) is 5.32 Å². The molecule has 1 amide bonds. The van der Waals surface area contributed by atoms with E-state index in [1.165, 1.54) is 167 Å². The third-order valence-electron chi connectivity index (χ3n) is 12.6. The van der Waals surface area contributed by atoms with Crippen LogP contribution >= 0.6 is 0 Å². The van der Waals surface area contributed by atoms with Crippen LogP contribution in [0.25, 0.3) is 0 Å². The molecule has 3 N–H and O–H groups in total. The predicted octanol–water partition coefficient (Wildman–Crippen LogP) is 17.0. The van der Waals surface area contributed by atoms with E-state index in [2.05, 4.69) is 68.6 Å². The first-order valence-electron chi connectivity index (χ1n) is 27.9. The third kappa shape index (κ3) is 46.4. The molecule has 0 heterocycles. The Hall–Kier alpha value is -2.18. The molecule has 0 saturated carbocycles. The summed E-state index contributed by atoms with van der Waals surface area (Å²) in [6.45, 7) is 6.46. The third-order valence-corrected chi connectivity index (χ3v) is 12.6. The number of aliphatic hydroxyl groups is 2. The molecule has 6 nitrogen and oxygen atoms in total. The molecular formula is C58H107NO5. The van der Waals surface area contributed by atoms with Gasteiger partial charge in [0.15, 0.2) is 0 Å². The van der Waals surface area contributed by atoms with Gasteiger partial charge < -0.3 is 20.3 Å². The first kappa shape index (κ1) is 61.8. The number of hydrogen-bond donors (Lipinski definition) is 3. The van der Waals surface area contributed by atoms with Crippen LogP contribution in [-0.2, 0) is 14.3 Å². The number of nitrogens with one attached hydrogen (secondary N) is 1. The fraction of sp³-hybridized carbons (Fsp3) is 0.828. The minimum atomic E-state index is -0.799. The number of rotatable bonds is 50. The second-order valence-corrected chi connectivity index (χ2v) is 19.0. The van der Waals surface area contributed by atoms with Gasteiger partial charge in [-0.2, -0.15) is 0 Å². The molecule has 0 aromatic rings. The van der Waals surface area contributed by atoms with E-state index in [1.807, 2.05) is 6.08 Å². The highest BCUT2D eigenvalue weighted by atomic mass is 16.5. The van der Waals surface area contributed by atoms with E-state index >= 15 is 0 Å². The number of ether oxygens (including phenoxy) is 1. The Kier molecular flexibility index (Phi) is 50.0. The molecule has 64 heavy (non-hydrogen) atoms. The summed E-state index contributed by atoms with van der Waals surface area (Å²) in [5.41, 5.74) is 0. The topological polar surface area (TPSA) is 95.9 Å². The first-order valence-corrected chi connectivity index (χ1v) is 27.9. The van der Waals surface area contributed by atoms with E-state index in [9.17, 15) is 19.8 Å². The maximum absolute atomic E-state index is 13.2. The average Bonchev–Trinajstić information content (AvgIpc) is 3.29. The lowest BCUT2D eigenvalue weighted by atomic mass is 10.0. The minimum Gasteiger partial charge on any atom is -0.462 e. The lowest BCUT2D eigenvalue weighted by Gasteiger charge is -2.24. The quantitative estimate of drug-likeness (QED) is 0.0321. The number of carbonyl (C=O) groups excluding carboxylic acids is 2. The first-order chi connectivity index (χ1) is 31.5. The lowest BCUT2D eigenvalue weighted by Crippen LogP contribution is -2.46. The average molecular weight is 898 g/mol. The molecule has 0 aromatic carbocycles. The van der Waals surface area contributed by atoms with Gasteiger partial charge in [-0.25, -0.2) is 0 Å². The van der Waals surface area contributed by atoms with Crippen molar-refractivity contribution < 1.29 is 24.5 Å². The summed E-state index contributed by atoms with van der Waals surface area (Å²) in [5, 5.41) is 23.8. The smallest absolute Gasteiger partial charge is 0.306 e. The molecule has 6 heteroatoms. The summed E-state index contributed by atoms with van der Waals surface area (Å²) < 4.78 is 5.91. The van der Waals surface area contributed by atoms with Crippen molar-refractivity contribution in [2.24, 2.45) is 0 Å². The Bertz CT molecular complexity index is 1100. The van der Waals surface area contributed by atoms with Crippen LogP contribution in [0.2, 0.25) is 0 Å². The number of unbranched alkanes of at least 4 members (excludes halogenated alkanes) is 30. The van der Waals surface area contributed by atoms with Crippen LogP contribution in [0.1, 0.15) is 284 Å². The van der Waals surface area contributed by atoms with Gasteiger partial charge in [0, 0.05) is 6.42 Å². The maximum Gasteiger partial charge on any atom is 0.306 e. The highest BCUT2D eigenvalue weighted by Gasteiger charge is 2.24. The Morgan fingerprint density at radius 3 is 1.22 bits per heavy atom. The standard InChI is InChI=1S/C58H107NO5/c1-4-7-10-13-16-19-22-25-27-28-30-32-34-37-40-43-46-49-54(64-58(63)51-48-45-42-39-36-31-24-21-18-15-12-9-6-3)52-57(62)59-55(53-60)56(61)50-47-44-41-38-35-33-29-26-23-20-17-14-11-8-5-2/h16,19,25,27,31,36,42,45,54-56,60-61H,4-15,17-18,20-24,26,28-30,32-35,37-41,43-44,46-53H2,1-3H3,(H,59,62)/b19-16-,27-25-,36-31-,45-42+. The zero-order valence-corrected chi connectivity index (χ0v) is 42.7. The molecule has 0 saturated heterocycles. The Labute approximate surface area is 397 Å². The van der Waals surface area contributed by atoms with Crippen LogP contribution in [0.4, 0.5) is 0 Å². The van der Waals surface area contributed by atoms with Gasteiger partial charge in [-0.3, -0.25) is 9.59 Å².